The maximum Gasteiger partial charge on any atom is 0.198 e. The van der Waals surface area contributed by atoms with E-state index in [1.54, 1.807) is 48.5 Å². The first-order chi connectivity index (χ1) is 15.9. The lowest BCUT2D eigenvalue weighted by Gasteiger charge is -2.22. The van der Waals surface area contributed by atoms with E-state index in [-0.39, 0.29) is 52.7 Å². The number of fused-ring (bicyclic) bond motifs is 2. The van der Waals surface area contributed by atoms with Gasteiger partial charge in [0, 0.05) is 35.2 Å². The summed E-state index contributed by atoms with van der Waals surface area (Å²) in [6, 6.07) is 14.6. The van der Waals surface area contributed by atoms with Gasteiger partial charge in [-0.1, -0.05) is 24.3 Å². The van der Waals surface area contributed by atoms with Crippen molar-refractivity contribution in [1.82, 2.24) is 4.31 Å². The summed E-state index contributed by atoms with van der Waals surface area (Å²) in [5.74, 6) is -0.811. The first kappa shape index (κ1) is 22.8. The van der Waals surface area contributed by atoms with Gasteiger partial charge in [-0.25, -0.2) is 4.31 Å². The molecule has 0 saturated carbocycles. The largest absolute Gasteiger partial charge is 0.507 e. The average molecular weight is 467 g/mol. The Bertz CT molecular complexity index is 1210. The fourth-order valence-electron chi connectivity index (χ4n) is 3.63. The number of nitrogen functional groups attached to an aromatic ring is 1. The van der Waals surface area contributed by atoms with E-state index in [0.717, 1.165) is 4.90 Å². The van der Waals surface area contributed by atoms with Crippen LogP contribution in [-0.2, 0) is 0 Å². The summed E-state index contributed by atoms with van der Waals surface area (Å²) in [5, 5.41) is 28.8. The molecule has 1 aliphatic rings. The molecule has 9 heteroatoms. The number of nitrogens with two attached hydrogens (primary N) is 1. The van der Waals surface area contributed by atoms with E-state index in [1.807, 2.05) is 4.31 Å². The number of phenolic OH excluding ortho intramolecular Hbond substituents is 1. The number of nitrogens with zero attached hydrogens (tertiary/aromatic N) is 1. The molecule has 0 saturated heterocycles. The molecule has 1 aliphatic carbocycles. The monoisotopic (exact) mass is 466 g/mol. The molecule has 5 N–H and O–H groups in total. The number of ether oxygens (including phenoxy) is 1. The van der Waals surface area contributed by atoms with E-state index in [9.17, 15) is 14.7 Å². The van der Waals surface area contributed by atoms with Crippen molar-refractivity contribution in [1.29, 1.82) is 0 Å². The molecule has 0 aromatic heterocycles. The summed E-state index contributed by atoms with van der Waals surface area (Å²) in [6.07, 6.45) is 0. The topological polar surface area (TPSA) is 133 Å². The van der Waals surface area contributed by atoms with E-state index < -0.39 is 11.6 Å². The Labute approximate surface area is 194 Å². The predicted octanol–water partition coefficient (Wildman–Crippen LogP) is 2.84. The second-order valence-corrected chi connectivity index (χ2v) is 8.47. The molecule has 33 heavy (non-hydrogen) atoms. The molecule has 4 rings (SSSR count). The van der Waals surface area contributed by atoms with E-state index in [0.29, 0.717) is 18.8 Å². The van der Waals surface area contributed by atoms with Gasteiger partial charge in [0.1, 0.15) is 11.5 Å². The number of hydrogen-bond acceptors (Lipinski definition) is 9. The molecule has 0 aliphatic heterocycles. The van der Waals surface area contributed by atoms with E-state index >= 15 is 0 Å². The van der Waals surface area contributed by atoms with Gasteiger partial charge in [0.15, 0.2) is 17.3 Å². The third-order valence-electron chi connectivity index (χ3n) is 5.16. The second kappa shape index (κ2) is 9.63. The van der Waals surface area contributed by atoms with Crippen molar-refractivity contribution in [2.45, 2.75) is 4.90 Å². The fraction of sp³-hybridized carbons (Fsp3) is 0.167. The van der Waals surface area contributed by atoms with Crippen molar-refractivity contribution < 1.29 is 29.6 Å². The molecule has 0 bridgehead atoms. The number of aliphatic hydroxyl groups is 2. The Hall–Kier alpha value is -3.37. The van der Waals surface area contributed by atoms with Crippen molar-refractivity contribution in [3.63, 3.8) is 0 Å². The van der Waals surface area contributed by atoms with Gasteiger partial charge in [-0.2, -0.15) is 0 Å². The van der Waals surface area contributed by atoms with Crippen LogP contribution in [0.1, 0.15) is 31.8 Å². The molecule has 0 heterocycles. The van der Waals surface area contributed by atoms with Gasteiger partial charge in [0.25, 0.3) is 0 Å². The highest BCUT2D eigenvalue weighted by Crippen LogP contribution is 2.42. The molecular formula is C24H22N2O6S. The molecule has 8 nitrogen and oxygen atoms in total. The lowest BCUT2D eigenvalue weighted by atomic mass is 9.82. The summed E-state index contributed by atoms with van der Waals surface area (Å²) < 4.78 is 7.66. The van der Waals surface area contributed by atoms with Crippen molar-refractivity contribution >= 4 is 29.2 Å². The van der Waals surface area contributed by atoms with Crippen LogP contribution < -0.4 is 10.5 Å². The minimum atomic E-state index is -0.465. The summed E-state index contributed by atoms with van der Waals surface area (Å²) >= 11 is 1.38. The molecule has 0 fully saturated rings. The quantitative estimate of drug-likeness (QED) is 0.176. The zero-order valence-corrected chi connectivity index (χ0v) is 18.3. The van der Waals surface area contributed by atoms with Crippen molar-refractivity contribution in [2.24, 2.45) is 0 Å². The number of rotatable bonds is 8. The Balaban J connectivity index is 1.61. The van der Waals surface area contributed by atoms with Gasteiger partial charge in [0.2, 0.25) is 0 Å². The van der Waals surface area contributed by atoms with Gasteiger partial charge in [-0.3, -0.25) is 9.59 Å². The van der Waals surface area contributed by atoms with Crippen molar-refractivity contribution in [2.75, 3.05) is 32.0 Å². The standard InChI is InChI=1S/C24H22N2O6S/c25-22-19(32-14-5-7-15(8-6-14)33-26(9-11-27)10-12-28)13-18(29)20-21(22)24(31)17-4-2-1-3-16(17)23(20)30/h1-8,13,27-29H,9-12,25H2. The molecule has 0 atom stereocenters. The maximum atomic E-state index is 13.0. The predicted molar refractivity (Wildman–Crippen MR) is 124 cm³/mol. The lowest BCUT2D eigenvalue weighted by molar-refractivity contribution is 0.0977. The van der Waals surface area contributed by atoms with Crippen LogP contribution in [-0.4, -0.2) is 57.5 Å². The molecule has 170 valence electrons. The number of phenols is 1. The Morgan fingerprint density at radius 1 is 0.879 bits per heavy atom. The summed E-state index contributed by atoms with van der Waals surface area (Å²) in [7, 11) is 0. The highest BCUT2D eigenvalue weighted by molar-refractivity contribution is 7.97. The van der Waals surface area contributed by atoms with E-state index in [4.69, 9.17) is 20.7 Å². The Morgan fingerprint density at radius 3 is 2.03 bits per heavy atom. The van der Waals surface area contributed by atoms with E-state index in [2.05, 4.69) is 0 Å². The number of anilines is 1. The molecule has 0 spiro atoms. The van der Waals surface area contributed by atoms with Crippen LogP contribution in [0.2, 0.25) is 0 Å². The summed E-state index contributed by atoms with van der Waals surface area (Å²) in [6.45, 7) is 0.760. The fourth-order valence-corrected chi connectivity index (χ4v) is 4.53. The summed E-state index contributed by atoms with van der Waals surface area (Å²) in [4.78, 5) is 26.8. The second-order valence-electron chi connectivity index (χ2n) is 7.30. The third kappa shape index (κ3) is 4.44. The molecule has 3 aromatic rings. The molecule has 3 aromatic carbocycles. The van der Waals surface area contributed by atoms with Crippen LogP contribution in [0.5, 0.6) is 17.2 Å². The van der Waals surface area contributed by atoms with Crippen LogP contribution in [0.25, 0.3) is 0 Å². The van der Waals surface area contributed by atoms with E-state index in [1.165, 1.54) is 18.0 Å². The molecule has 0 amide bonds. The summed E-state index contributed by atoms with van der Waals surface area (Å²) in [5.41, 5.74) is 6.47. The van der Waals surface area contributed by atoms with Gasteiger partial charge >= 0.3 is 0 Å². The molecule has 0 radical (unpaired) electrons. The molecular weight excluding hydrogens is 444 g/mol. The maximum absolute atomic E-state index is 13.0. The smallest absolute Gasteiger partial charge is 0.198 e. The van der Waals surface area contributed by atoms with Crippen LogP contribution in [0.3, 0.4) is 0 Å². The average Bonchev–Trinajstić information content (AvgIpc) is 2.81. The first-order valence-electron chi connectivity index (χ1n) is 10.2. The minimum Gasteiger partial charge on any atom is -0.507 e. The zero-order valence-electron chi connectivity index (χ0n) is 17.5. The third-order valence-corrected chi connectivity index (χ3v) is 6.27. The normalized spacial score (nSPS) is 12.6. The molecule has 0 unspecified atom stereocenters. The van der Waals surface area contributed by atoms with Crippen LogP contribution in [0.4, 0.5) is 5.69 Å². The Morgan fingerprint density at radius 2 is 1.45 bits per heavy atom. The van der Waals surface area contributed by atoms with Crippen molar-refractivity contribution in [3.8, 4) is 17.2 Å². The lowest BCUT2D eigenvalue weighted by Crippen LogP contribution is -2.23. The van der Waals surface area contributed by atoms with Gasteiger partial charge in [-0.05, 0) is 36.2 Å². The van der Waals surface area contributed by atoms with Crippen LogP contribution >= 0.6 is 11.9 Å². The number of benzene rings is 3. The van der Waals surface area contributed by atoms with Gasteiger partial charge in [0.05, 0.1) is 30.0 Å². The number of carbonyl (C=O) groups is 2. The number of aromatic hydroxyl groups is 1. The first-order valence-corrected chi connectivity index (χ1v) is 11.0. The zero-order chi connectivity index (χ0) is 23.5. The van der Waals surface area contributed by atoms with Gasteiger partial charge < -0.3 is 25.8 Å². The number of aliphatic hydroxyl groups excluding tert-OH is 2. The highest BCUT2D eigenvalue weighted by Gasteiger charge is 2.35. The van der Waals surface area contributed by atoms with Crippen molar-refractivity contribution in [3.05, 3.63) is 76.9 Å². The van der Waals surface area contributed by atoms with Gasteiger partial charge in [-0.15, -0.1) is 0 Å². The number of carbonyl (C=O) groups excluding carboxylic acids is 2. The number of hydrogen-bond donors (Lipinski definition) is 4. The highest BCUT2D eigenvalue weighted by atomic mass is 32.2. The minimum absolute atomic E-state index is 0.0221. The SMILES string of the molecule is Nc1c(Oc2ccc(SN(CCO)CCO)cc2)cc(O)c2c1C(=O)c1ccccc1C2=O. The number of ketones is 2. The van der Waals surface area contributed by atoms with Crippen LogP contribution in [0.15, 0.2) is 59.5 Å². The van der Waals surface area contributed by atoms with Crippen LogP contribution in [0, 0.1) is 0 Å². The Kier molecular flexibility index (Phi) is 6.66.